The number of hydrogen-bond donors (Lipinski definition) is 0. The van der Waals surface area contributed by atoms with Gasteiger partial charge in [-0.2, -0.15) is 0 Å². The van der Waals surface area contributed by atoms with Crippen LogP contribution in [0.15, 0.2) is 42.5 Å². The second kappa shape index (κ2) is 7.86. The van der Waals surface area contributed by atoms with E-state index in [0.717, 1.165) is 41.2 Å². The Hall–Kier alpha value is -2.28. The quantitative estimate of drug-likeness (QED) is 0.624. The molecule has 0 bridgehead atoms. The molecule has 1 fully saturated rings. The standard InChI is InChI=1S/C22H21ClN2O3S/c23-20-16-3-1-2-4-19(16)29-21(20)22(26)25-9-7-24(8-10-25)14-15-5-6-17-18(13-15)28-12-11-27-17/h1-6,13H,7-12,14H2. The number of ether oxygens (including phenoxy) is 2. The molecule has 5 rings (SSSR count). The lowest BCUT2D eigenvalue weighted by atomic mass is 10.1. The van der Waals surface area contributed by atoms with Crippen molar-refractivity contribution in [1.82, 2.24) is 9.80 Å². The van der Waals surface area contributed by atoms with E-state index >= 15 is 0 Å². The highest BCUT2D eigenvalue weighted by Gasteiger charge is 2.26. The van der Waals surface area contributed by atoms with Gasteiger partial charge in [0.2, 0.25) is 0 Å². The van der Waals surface area contributed by atoms with Gasteiger partial charge in [0, 0.05) is 42.8 Å². The molecule has 0 radical (unpaired) electrons. The van der Waals surface area contributed by atoms with Gasteiger partial charge in [0.15, 0.2) is 11.5 Å². The van der Waals surface area contributed by atoms with Crippen LogP contribution in [0, 0.1) is 0 Å². The molecule has 0 saturated carbocycles. The second-order valence-corrected chi connectivity index (χ2v) is 8.72. The Morgan fingerprint density at radius 1 is 1.00 bits per heavy atom. The van der Waals surface area contributed by atoms with E-state index in [9.17, 15) is 4.79 Å². The lowest BCUT2D eigenvalue weighted by Gasteiger charge is -2.34. The Balaban J connectivity index is 1.23. The largest absolute Gasteiger partial charge is 0.486 e. The SMILES string of the molecule is O=C(c1sc2ccccc2c1Cl)N1CCN(Cc2ccc3c(c2)OCCO3)CC1. The maximum Gasteiger partial charge on any atom is 0.265 e. The summed E-state index contributed by atoms with van der Waals surface area (Å²) >= 11 is 7.98. The van der Waals surface area contributed by atoms with Gasteiger partial charge in [0.25, 0.3) is 5.91 Å². The van der Waals surface area contributed by atoms with Gasteiger partial charge < -0.3 is 14.4 Å². The first-order valence-corrected chi connectivity index (χ1v) is 11.0. The maximum absolute atomic E-state index is 13.0. The molecule has 7 heteroatoms. The number of hydrogen-bond acceptors (Lipinski definition) is 5. The van der Waals surface area contributed by atoms with Gasteiger partial charge in [-0.25, -0.2) is 0 Å². The summed E-state index contributed by atoms with van der Waals surface area (Å²) in [5.41, 5.74) is 1.20. The normalized spacial score (nSPS) is 16.9. The summed E-state index contributed by atoms with van der Waals surface area (Å²) in [6.07, 6.45) is 0. The Morgan fingerprint density at radius 3 is 2.55 bits per heavy atom. The number of carbonyl (C=O) groups excluding carboxylic acids is 1. The Bertz CT molecular complexity index is 1060. The molecule has 5 nitrogen and oxygen atoms in total. The third-order valence-electron chi connectivity index (χ3n) is 5.40. The monoisotopic (exact) mass is 428 g/mol. The summed E-state index contributed by atoms with van der Waals surface area (Å²) in [5.74, 6) is 1.67. The molecule has 0 atom stereocenters. The van der Waals surface area contributed by atoms with Gasteiger partial charge in [0.05, 0.1) is 5.02 Å². The van der Waals surface area contributed by atoms with Crippen LogP contribution in [-0.2, 0) is 6.54 Å². The second-order valence-electron chi connectivity index (χ2n) is 7.29. The summed E-state index contributed by atoms with van der Waals surface area (Å²) in [6, 6.07) is 14.0. The zero-order chi connectivity index (χ0) is 19.8. The van der Waals surface area contributed by atoms with Crippen LogP contribution >= 0.6 is 22.9 Å². The molecular formula is C22H21ClN2O3S. The zero-order valence-corrected chi connectivity index (χ0v) is 17.5. The van der Waals surface area contributed by atoms with Gasteiger partial charge in [-0.3, -0.25) is 9.69 Å². The zero-order valence-electron chi connectivity index (χ0n) is 15.9. The van der Waals surface area contributed by atoms with Crippen molar-refractivity contribution < 1.29 is 14.3 Å². The van der Waals surface area contributed by atoms with E-state index < -0.39 is 0 Å². The molecule has 0 unspecified atom stereocenters. The van der Waals surface area contributed by atoms with E-state index in [1.165, 1.54) is 16.9 Å². The predicted molar refractivity (Wildman–Crippen MR) is 115 cm³/mol. The fourth-order valence-corrected chi connectivity index (χ4v) is 5.33. The van der Waals surface area contributed by atoms with E-state index in [0.29, 0.717) is 36.2 Å². The van der Waals surface area contributed by atoms with Gasteiger partial charge in [0.1, 0.15) is 18.1 Å². The molecule has 0 aliphatic carbocycles. The first kappa shape index (κ1) is 18.7. The molecule has 2 aliphatic rings. The number of nitrogens with zero attached hydrogens (tertiary/aromatic N) is 2. The Morgan fingerprint density at radius 2 is 1.76 bits per heavy atom. The maximum atomic E-state index is 13.0. The topological polar surface area (TPSA) is 42.0 Å². The van der Waals surface area contributed by atoms with Crippen LogP contribution in [0.5, 0.6) is 11.5 Å². The average Bonchev–Trinajstić information content (AvgIpc) is 3.10. The summed E-state index contributed by atoms with van der Waals surface area (Å²) in [6.45, 7) is 5.11. The average molecular weight is 429 g/mol. The molecule has 0 N–H and O–H groups in total. The number of halogens is 1. The fraction of sp³-hybridized carbons (Fsp3) is 0.318. The van der Waals surface area contributed by atoms with Crippen LogP contribution in [0.4, 0.5) is 0 Å². The van der Waals surface area contributed by atoms with Gasteiger partial charge in [-0.15, -0.1) is 11.3 Å². The first-order valence-electron chi connectivity index (χ1n) is 9.76. The molecule has 1 aromatic heterocycles. The number of piperazine rings is 1. The van der Waals surface area contributed by atoms with E-state index in [-0.39, 0.29) is 5.91 Å². The number of amides is 1. The fourth-order valence-electron chi connectivity index (χ4n) is 3.85. The van der Waals surface area contributed by atoms with Crippen LogP contribution in [0.2, 0.25) is 5.02 Å². The number of benzene rings is 2. The molecule has 150 valence electrons. The van der Waals surface area contributed by atoms with Gasteiger partial charge >= 0.3 is 0 Å². The molecule has 3 aromatic rings. The van der Waals surface area contributed by atoms with Crippen molar-refractivity contribution in [2.45, 2.75) is 6.54 Å². The van der Waals surface area contributed by atoms with Crippen LogP contribution in [0.3, 0.4) is 0 Å². The summed E-state index contributed by atoms with van der Waals surface area (Å²) in [5, 5.41) is 1.54. The van der Waals surface area contributed by atoms with Crippen molar-refractivity contribution in [3.8, 4) is 11.5 Å². The number of fused-ring (bicyclic) bond motifs is 2. The number of thiophene rings is 1. The van der Waals surface area contributed by atoms with Crippen molar-refractivity contribution in [3.63, 3.8) is 0 Å². The minimum atomic E-state index is 0.0372. The smallest absolute Gasteiger partial charge is 0.265 e. The first-order chi connectivity index (χ1) is 14.2. The third-order valence-corrected chi connectivity index (χ3v) is 7.06. The summed E-state index contributed by atoms with van der Waals surface area (Å²) in [4.78, 5) is 17.9. The van der Waals surface area contributed by atoms with E-state index in [2.05, 4.69) is 17.0 Å². The van der Waals surface area contributed by atoms with Crippen LogP contribution < -0.4 is 9.47 Å². The van der Waals surface area contributed by atoms with E-state index in [1.54, 1.807) is 0 Å². The van der Waals surface area contributed by atoms with Crippen molar-refractivity contribution >= 4 is 38.9 Å². The van der Waals surface area contributed by atoms with Crippen molar-refractivity contribution in [2.75, 3.05) is 39.4 Å². The van der Waals surface area contributed by atoms with E-state index in [4.69, 9.17) is 21.1 Å². The predicted octanol–water partition coefficient (Wildman–Crippen LogP) is 4.28. The van der Waals surface area contributed by atoms with Crippen molar-refractivity contribution in [1.29, 1.82) is 0 Å². The molecule has 0 spiro atoms. The highest BCUT2D eigenvalue weighted by molar-refractivity contribution is 7.21. The minimum Gasteiger partial charge on any atom is -0.486 e. The number of rotatable bonds is 3. The lowest BCUT2D eigenvalue weighted by molar-refractivity contribution is 0.0633. The Kier molecular flexibility index (Phi) is 5.08. The molecule has 1 saturated heterocycles. The summed E-state index contributed by atoms with van der Waals surface area (Å²) < 4.78 is 12.3. The Labute approximate surface area is 178 Å². The molecular weight excluding hydrogens is 408 g/mol. The van der Waals surface area contributed by atoms with Crippen LogP contribution in [-0.4, -0.2) is 55.1 Å². The van der Waals surface area contributed by atoms with Gasteiger partial charge in [-0.1, -0.05) is 35.9 Å². The molecule has 1 amide bonds. The molecule has 2 aromatic carbocycles. The van der Waals surface area contributed by atoms with Crippen molar-refractivity contribution in [2.24, 2.45) is 0 Å². The highest BCUT2D eigenvalue weighted by Crippen LogP contribution is 2.36. The lowest BCUT2D eigenvalue weighted by Crippen LogP contribution is -2.48. The third kappa shape index (κ3) is 3.68. The molecule has 3 heterocycles. The van der Waals surface area contributed by atoms with Gasteiger partial charge in [-0.05, 0) is 23.8 Å². The minimum absolute atomic E-state index is 0.0372. The molecule has 2 aliphatic heterocycles. The highest BCUT2D eigenvalue weighted by atomic mass is 35.5. The van der Waals surface area contributed by atoms with E-state index in [1.807, 2.05) is 35.2 Å². The summed E-state index contributed by atoms with van der Waals surface area (Å²) in [7, 11) is 0. The molecule has 29 heavy (non-hydrogen) atoms. The van der Waals surface area contributed by atoms with Crippen LogP contribution in [0.25, 0.3) is 10.1 Å². The number of carbonyl (C=O) groups is 1. The van der Waals surface area contributed by atoms with Crippen LogP contribution in [0.1, 0.15) is 15.2 Å². The van der Waals surface area contributed by atoms with Crippen molar-refractivity contribution in [3.05, 3.63) is 57.9 Å².